The van der Waals surface area contributed by atoms with Crippen LogP contribution in [0.2, 0.25) is 0 Å². The number of hydrogen-bond donors (Lipinski definition) is 0. The molecule has 1 aromatic carbocycles. The van der Waals surface area contributed by atoms with Gasteiger partial charge in [-0.3, -0.25) is 4.99 Å². The number of aryl methyl sites for hydroxylation is 1. The van der Waals surface area contributed by atoms with Crippen molar-refractivity contribution in [3.8, 4) is 0 Å². The Bertz CT molecular complexity index is 335. The summed E-state index contributed by atoms with van der Waals surface area (Å²) in [5.41, 5.74) is 3.77. The lowest BCUT2D eigenvalue weighted by molar-refractivity contribution is 1.39. The Hall–Kier alpha value is -1.37. The fourth-order valence-corrected chi connectivity index (χ4v) is 1.27. The molecule has 0 aliphatic carbocycles. The van der Waals surface area contributed by atoms with E-state index in [1.807, 2.05) is 13.1 Å². The molecule has 0 heterocycles. The zero-order valence-electron chi connectivity index (χ0n) is 8.41. The Balaban J connectivity index is 3.01. The van der Waals surface area contributed by atoms with Gasteiger partial charge in [0.1, 0.15) is 0 Å². The monoisotopic (exact) mass is 173 g/mol. The molecule has 1 nitrogen and oxygen atoms in total. The molecule has 1 rings (SSSR count). The Morgan fingerprint density at radius 3 is 2.62 bits per heavy atom. The molecule has 68 valence electrons. The number of rotatable bonds is 2. The molecule has 1 aromatic rings. The van der Waals surface area contributed by atoms with Crippen LogP contribution >= 0.6 is 0 Å². The van der Waals surface area contributed by atoms with Crippen molar-refractivity contribution >= 4 is 11.8 Å². The van der Waals surface area contributed by atoms with Gasteiger partial charge in [-0.05, 0) is 37.5 Å². The summed E-state index contributed by atoms with van der Waals surface area (Å²) in [6.45, 7) is 6.11. The molecule has 0 aromatic heterocycles. The third kappa shape index (κ3) is 2.55. The molecular formula is C12H15N. The highest BCUT2D eigenvalue weighted by molar-refractivity contribution is 5.67. The first kappa shape index (κ1) is 9.72. The molecule has 1 heteroatoms. The maximum absolute atomic E-state index is 4.10. The van der Waals surface area contributed by atoms with E-state index >= 15 is 0 Å². The number of benzene rings is 1. The van der Waals surface area contributed by atoms with Crippen molar-refractivity contribution in [2.45, 2.75) is 20.8 Å². The van der Waals surface area contributed by atoms with E-state index in [0.717, 1.165) is 0 Å². The van der Waals surface area contributed by atoms with Crippen LogP contribution in [0.5, 0.6) is 0 Å². The third-order valence-corrected chi connectivity index (χ3v) is 1.99. The Morgan fingerprint density at radius 2 is 2.00 bits per heavy atom. The summed E-state index contributed by atoms with van der Waals surface area (Å²) in [4.78, 5) is 4.10. The largest absolute Gasteiger partial charge is 0.269 e. The minimum atomic E-state index is 1.20. The quantitative estimate of drug-likeness (QED) is 0.607. The van der Waals surface area contributed by atoms with Crippen LogP contribution < -0.4 is 0 Å². The average Bonchev–Trinajstić information content (AvgIpc) is 2.15. The predicted molar refractivity (Wildman–Crippen MR) is 59.0 cm³/mol. The first-order chi connectivity index (χ1) is 6.25. The van der Waals surface area contributed by atoms with Crippen LogP contribution in [0.3, 0.4) is 0 Å². The fourth-order valence-electron chi connectivity index (χ4n) is 1.27. The first-order valence-electron chi connectivity index (χ1n) is 4.46. The summed E-state index contributed by atoms with van der Waals surface area (Å²) in [6, 6.07) is 8.33. The maximum atomic E-state index is 4.10. The Morgan fingerprint density at radius 1 is 1.31 bits per heavy atom. The van der Waals surface area contributed by atoms with Gasteiger partial charge in [0.2, 0.25) is 0 Å². The number of hydrogen-bond acceptors (Lipinski definition) is 1. The zero-order valence-corrected chi connectivity index (χ0v) is 8.41. The summed E-state index contributed by atoms with van der Waals surface area (Å²) >= 11 is 0. The fraction of sp³-hybridized carbons (Fsp3) is 0.250. The second kappa shape index (κ2) is 4.61. The van der Waals surface area contributed by atoms with E-state index < -0.39 is 0 Å². The number of nitrogens with zero attached hydrogens (tertiary/aromatic N) is 1. The third-order valence-electron chi connectivity index (χ3n) is 1.99. The first-order valence-corrected chi connectivity index (χ1v) is 4.46. The van der Waals surface area contributed by atoms with E-state index in [1.54, 1.807) is 6.21 Å². The molecule has 0 fully saturated rings. The molecule has 0 saturated carbocycles. The highest BCUT2D eigenvalue weighted by atomic mass is 14.7. The Labute approximate surface area is 79.8 Å². The van der Waals surface area contributed by atoms with Crippen molar-refractivity contribution in [1.29, 1.82) is 0 Å². The lowest BCUT2D eigenvalue weighted by Crippen LogP contribution is -1.83. The smallest absolute Gasteiger partial charge is 0.0299 e. The maximum Gasteiger partial charge on any atom is 0.0299 e. The second-order valence-electron chi connectivity index (χ2n) is 3.03. The highest BCUT2D eigenvalue weighted by Gasteiger charge is 1.97. The molecular weight excluding hydrogens is 158 g/mol. The van der Waals surface area contributed by atoms with Crippen molar-refractivity contribution in [2.24, 2.45) is 4.99 Å². The summed E-state index contributed by atoms with van der Waals surface area (Å²) in [6.07, 6.45) is 3.68. The number of allylic oxidation sites excluding steroid dienone is 1. The predicted octanol–water partition coefficient (Wildman–Crippen LogP) is 3.45. The molecule has 0 saturated heterocycles. The van der Waals surface area contributed by atoms with Crippen molar-refractivity contribution in [2.75, 3.05) is 0 Å². The van der Waals surface area contributed by atoms with Crippen LogP contribution in [-0.2, 0) is 0 Å². The van der Waals surface area contributed by atoms with Gasteiger partial charge in [-0.2, -0.15) is 0 Å². The highest BCUT2D eigenvalue weighted by Crippen LogP contribution is 2.17. The van der Waals surface area contributed by atoms with E-state index in [9.17, 15) is 0 Å². The van der Waals surface area contributed by atoms with E-state index in [1.165, 1.54) is 16.7 Å². The summed E-state index contributed by atoms with van der Waals surface area (Å²) in [7, 11) is 0. The van der Waals surface area contributed by atoms with Gasteiger partial charge in [0.25, 0.3) is 0 Å². The van der Waals surface area contributed by atoms with Crippen molar-refractivity contribution < 1.29 is 0 Å². The molecule has 0 unspecified atom stereocenters. The van der Waals surface area contributed by atoms with Crippen molar-refractivity contribution in [3.63, 3.8) is 0 Å². The second-order valence-corrected chi connectivity index (χ2v) is 3.03. The standard InChI is InChI=1S/C12H15N/c1-4-13-9-11(3)12-8-6-5-7-10(12)2/h4-9H,1-3H3/b11-9+,13-4?. The van der Waals surface area contributed by atoms with Gasteiger partial charge in [0, 0.05) is 12.4 Å². The van der Waals surface area contributed by atoms with Gasteiger partial charge in [-0.1, -0.05) is 24.3 Å². The van der Waals surface area contributed by atoms with Gasteiger partial charge in [0.15, 0.2) is 0 Å². The lowest BCUT2D eigenvalue weighted by atomic mass is 10.0. The minimum Gasteiger partial charge on any atom is -0.269 e. The van der Waals surface area contributed by atoms with Gasteiger partial charge in [-0.25, -0.2) is 0 Å². The molecule has 13 heavy (non-hydrogen) atoms. The summed E-state index contributed by atoms with van der Waals surface area (Å²) in [5, 5.41) is 0. The van der Waals surface area contributed by atoms with Gasteiger partial charge < -0.3 is 0 Å². The van der Waals surface area contributed by atoms with Crippen LogP contribution in [0.15, 0.2) is 35.5 Å². The normalized spacial score (nSPS) is 12.4. The molecule has 0 spiro atoms. The van der Waals surface area contributed by atoms with E-state index in [-0.39, 0.29) is 0 Å². The summed E-state index contributed by atoms with van der Waals surface area (Å²) < 4.78 is 0. The van der Waals surface area contributed by atoms with Crippen LogP contribution in [0, 0.1) is 6.92 Å². The van der Waals surface area contributed by atoms with Crippen molar-refractivity contribution in [1.82, 2.24) is 0 Å². The van der Waals surface area contributed by atoms with Gasteiger partial charge >= 0.3 is 0 Å². The molecule has 0 N–H and O–H groups in total. The summed E-state index contributed by atoms with van der Waals surface area (Å²) in [5.74, 6) is 0. The van der Waals surface area contributed by atoms with Crippen LogP contribution in [-0.4, -0.2) is 6.21 Å². The number of aliphatic imine (C=N–C) groups is 1. The molecule has 0 amide bonds. The lowest BCUT2D eigenvalue weighted by Gasteiger charge is -2.03. The minimum absolute atomic E-state index is 1.20. The molecule has 0 aliphatic heterocycles. The van der Waals surface area contributed by atoms with E-state index in [0.29, 0.717) is 0 Å². The zero-order chi connectivity index (χ0) is 9.68. The van der Waals surface area contributed by atoms with Crippen LogP contribution in [0.4, 0.5) is 0 Å². The molecule has 0 aliphatic rings. The average molecular weight is 173 g/mol. The van der Waals surface area contributed by atoms with Gasteiger partial charge in [-0.15, -0.1) is 0 Å². The molecule has 0 atom stereocenters. The van der Waals surface area contributed by atoms with E-state index in [4.69, 9.17) is 0 Å². The SMILES string of the molecule is CC=N/C=C(\C)c1ccccc1C. The van der Waals surface area contributed by atoms with E-state index in [2.05, 4.69) is 43.1 Å². The molecule has 0 bridgehead atoms. The molecule has 0 radical (unpaired) electrons. The topological polar surface area (TPSA) is 12.4 Å². The van der Waals surface area contributed by atoms with Crippen molar-refractivity contribution in [3.05, 3.63) is 41.6 Å². The Kier molecular flexibility index (Phi) is 3.44. The van der Waals surface area contributed by atoms with Crippen LogP contribution in [0.25, 0.3) is 5.57 Å². The van der Waals surface area contributed by atoms with Crippen LogP contribution in [0.1, 0.15) is 25.0 Å². The van der Waals surface area contributed by atoms with Gasteiger partial charge in [0.05, 0.1) is 0 Å².